The van der Waals surface area contributed by atoms with E-state index in [9.17, 15) is 9.59 Å². The number of aliphatic carboxylic acids is 1. The van der Waals surface area contributed by atoms with Gasteiger partial charge in [-0.2, -0.15) is 0 Å². The van der Waals surface area contributed by atoms with Gasteiger partial charge in [0.1, 0.15) is 0 Å². The zero-order valence-electron chi connectivity index (χ0n) is 18.0. The van der Waals surface area contributed by atoms with E-state index in [0.29, 0.717) is 6.54 Å². The molecule has 3 aliphatic rings. The lowest BCUT2D eigenvalue weighted by Gasteiger charge is -2.38. The molecule has 1 N–H and O–H groups in total. The van der Waals surface area contributed by atoms with Crippen molar-refractivity contribution in [3.63, 3.8) is 0 Å². The highest BCUT2D eigenvalue weighted by Gasteiger charge is 2.42. The summed E-state index contributed by atoms with van der Waals surface area (Å²) in [5.41, 5.74) is 0. The number of hydrogen-bond acceptors (Lipinski definition) is 7. The topological polar surface area (TPSA) is 79.8 Å². The minimum Gasteiger partial charge on any atom is -0.481 e. The van der Waals surface area contributed by atoms with Gasteiger partial charge in [-0.05, 0) is 26.4 Å². The van der Waals surface area contributed by atoms with Crippen LogP contribution in [0.15, 0.2) is 0 Å². The Labute approximate surface area is 174 Å². The van der Waals surface area contributed by atoms with Crippen molar-refractivity contribution in [3.05, 3.63) is 0 Å². The SMILES string of the molecule is CCN1CCN(CCCN2C(=O)OC(N3CCN(CCC(=O)O)CC3)C2C)CC1. The predicted octanol–water partition coefficient (Wildman–Crippen LogP) is 0.273. The number of ether oxygens (including phenoxy) is 1. The van der Waals surface area contributed by atoms with Gasteiger partial charge in [0.15, 0.2) is 6.23 Å². The van der Waals surface area contributed by atoms with Gasteiger partial charge in [-0.15, -0.1) is 0 Å². The molecule has 0 aliphatic carbocycles. The second kappa shape index (κ2) is 10.6. The van der Waals surface area contributed by atoms with Crippen LogP contribution in [0.25, 0.3) is 0 Å². The molecule has 9 heteroatoms. The number of carbonyl (C=O) groups is 2. The fourth-order valence-electron chi connectivity index (χ4n) is 4.55. The maximum Gasteiger partial charge on any atom is 0.411 e. The van der Waals surface area contributed by atoms with Crippen molar-refractivity contribution < 1.29 is 19.4 Å². The maximum absolute atomic E-state index is 12.4. The molecule has 3 saturated heterocycles. The van der Waals surface area contributed by atoms with Gasteiger partial charge in [-0.3, -0.25) is 9.69 Å². The van der Waals surface area contributed by atoms with Gasteiger partial charge >= 0.3 is 12.1 Å². The first-order chi connectivity index (χ1) is 14.0. The zero-order valence-corrected chi connectivity index (χ0v) is 18.0. The average molecular weight is 412 g/mol. The molecule has 0 saturated carbocycles. The molecule has 2 unspecified atom stereocenters. The van der Waals surface area contributed by atoms with Gasteiger partial charge in [-0.25, -0.2) is 4.79 Å². The number of hydrogen-bond donors (Lipinski definition) is 1. The summed E-state index contributed by atoms with van der Waals surface area (Å²) >= 11 is 0. The van der Waals surface area contributed by atoms with E-state index in [4.69, 9.17) is 9.84 Å². The third kappa shape index (κ3) is 6.04. The summed E-state index contributed by atoms with van der Waals surface area (Å²) in [6.07, 6.45) is 0.751. The second-order valence-electron chi connectivity index (χ2n) is 8.36. The lowest BCUT2D eigenvalue weighted by atomic mass is 10.2. The summed E-state index contributed by atoms with van der Waals surface area (Å²) < 4.78 is 5.71. The highest BCUT2D eigenvalue weighted by molar-refractivity contribution is 5.70. The molecule has 2 atom stereocenters. The largest absolute Gasteiger partial charge is 0.481 e. The van der Waals surface area contributed by atoms with E-state index in [1.54, 1.807) is 0 Å². The molecule has 3 aliphatic heterocycles. The van der Waals surface area contributed by atoms with E-state index in [0.717, 1.165) is 78.4 Å². The minimum atomic E-state index is -0.756. The standard InChI is InChI=1S/C20H37N5O4/c1-3-21-9-11-22(12-10-21)6-4-7-25-17(2)19(29-20(25)28)24-15-13-23(14-16-24)8-5-18(26)27/h17,19H,3-16H2,1-2H3,(H,26,27). The van der Waals surface area contributed by atoms with Crippen LogP contribution in [-0.2, 0) is 9.53 Å². The molecule has 3 fully saturated rings. The van der Waals surface area contributed by atoms with Crippen LogP contribution in [0.1, 0.15) is 26.7 Å². The molecule has 0 aromatic heterocycles. The normalized spacial score (nSPS) is 28.1. The van der Waals surface area contributed by atoms with Gasteiger partial charge in [0.25, 0.3) is 0 Å². The summed E-state index contributed by atoms with van der Waals surface area (Å²) in [5.74, 6) is -0.756. The number of rotatable bonds is 9. The van der Waals surface area contributed by atoms with Gasteiger partial charge < -0.3 is 29.4 Å². The number of carboxylic acids is 1. The van der Waals surface area contributed by atoms with Crippen molar-refractivity contribution in [1.29, 1.82) is 0 Å². The fraction of sp³-hybridized carbons (Fsp3) is 0.900. The zero-order chi connectivity index (χ0) is 20.8. The first-order valence-electron chi connectivity index (χ1n) is 11.1. The highest BCUT2D eigenvalue weighted by atomic mass is 16.6. The number of likely N-dealkylation sites (N-methyl/N-ethyl adjacent to an activating group) is 1. The molecule has 0 aromatic rings. The number of piperazine rings is 2. The molecule has 1 amide bonds. The van der Waals surface area contributed by atoms with Crippen LogP contribution in [0, 0.1) is 0 Å². The third-order valence-corrected chi connectivity index (χ3v) is 6.55. The first kappa shape index (κ1) is 22.3. The van der Waals surface area contributed by atoms with Gasteiger partial charge in [0, 0.05) is 65.4 Å². The summed E-state index contributed by atoms with van der Waals surface area (Å²) in [7, 11) is 0. The molecule has 166 valence electrons. The number of carboxylic acid groups (broad SMARTS) is 1. The molecule has 0 aromatic carbocycles. The second-order valence-corrected chi connectivity index (χ2v) is 8.36. The van der Waals surface area contributed by atoms with E-state index in [1.165, 1.54) is 0 Å². The van der Waals surface area contributed by atoms with E-state index in [1.807, 2.05) is 4.90 Å². The quantitative estimate of drug-likeness (QED) is 0.579. The van der Waals surface area contributed by atoms with Crippen molar-refractivity contribution >= 4 is 12.1 Å². The Hall–Kier alpha value is -1.42. The molecule has 3 heterocycles. The Bertz CT molecular complexity index is 547. The molecule has 29 heavy (non-hydrogen) atoms. The molecule has 9 nitrogen and oxygen atoms in total. The smallest absolute Gasteiger partial charge is 0.411 e. The van der Waals surface area contributed by atoms with E-state index in [2.05, 4.69) is 33.4 Å². The van der Waals surface area contributed by atoms with E-state index in [-0.39, 0.29) is 24.8 Å². The van der Waals surface area contributed by atoms with E-state index >= 15 is 0 Å². The summed E-state index contributed by atoms with van der Waals surface area (Å²) in [6, 6.07) is 0.0463. The lowest BCUT2D eigenvalue weighted by molar-refractivity contribution is -0.137. The van der Waals surface area contributed by atoms with Crippen molar-refractivity contribution in [2.24, 2.45) is 0 Å². The van der Waals surface area contributed by atoms with Crippen LogP contribution >= 0.6 is 0 Å². The highest BCUT2D eigenvalue weighted by Crippen LogP contribution is 2.24. The number of amides is 1. The Morgan fingerprint density at radius 2 is 1.55 bits per heavy atom. The molecule has 0 bridgehead atoms. The first-order valence-corrected chi connectivity index (χ1v) is 11.1. The summed E-state index contributed by atoms with van der Waals surface area (Å²) in [5, 5.41) is 8.83. The molecule has 0 spiro atoms. The van der Waals surface area contributed by atoms with Crippen LogP contribution in [-0.4, -0.2) is 132 Å². The van der Waals surface area contributed by atoms with Gasteiger partial charge in [0.05, 0.1) is 12.5 Å². The molecule has 0 radical (unpaired) electrons. The van der Waals surface area contributed by atoms with Crippen LogP contribution in [0.3, 0.4) is 0 Å². The summed E-state index contributed by atoms with van der Waals surface area (Å²) in [4.78, 5) is 34.4. The Morgan fingerprint density at radius 1 is 0.966 bits per heavy atom. The maximum atomic E-state index is 12.4. The number of carbonyl (C=O) groups excluding carboxylic acids is 1. The Balaban J connectivity index is 1.38. The van der Waals surface area contributed by atoms with Crippen molar-refractivity contribution in [2.45, 2.75) is 39.0 Å². The van der Waals surface area contributed by atoms with Crippen LogP contribution in [0.4, 0.5) is 4.79 Å². The summed E-state index contributed by atoms with van der Waals surface area (Å²) in [6.45, 7) is 15.5. The van der Waals surface area contributed by atoms with Crippen molar-refractivity contribution in [3.8, 4) is 0 Å². The minimum absolute atomic E-state index is 0.0463. The third-order valence-electron chi connectivity index (χ3n) is 6.55. The van der Waals surface area contributed by atoms with Gasteiger partial charge in [0.2, 0.25) is 0 Å². The lowest BCUT2D eigenvalue weighted by Crippen LogP contribution is -2.53. The Kier molecular flexibility index (Phi) is 8.11. The fourth-order valence-corrected chi connectivity index (χ4v) is 4.55. The monoisotopic (exact) mass is 411 g/mol. The van der Waals surface area contributed by atoms with Crippen molar-refractivity contribution in [1.82, 2.24) is 24.5 Å². The van der Waals surface area contributed by atoms with Crippen LogP contribution in [0.5, 0.6) is 0 Å². The molecular formula is C20H37N5O4. The number of nitrogens with zero attached hydrogens (tertiary/aromatic N) is 5. The number of cyclic esters (lactones) is 1. The average Bonchev–Trinajstić information content (AvgIpc) is 3.01. The van der Waals surface area contributed by atoms with Crippen LogP contribution in [0.2, 0.25) is 0 Å². The van der Waals surface area contributed by atoms with Crippen LogP contribution < -0.4 is 0 Å². The van der Waals surface area contributed by atoms with Gasteiger partial charge in [-0.1, -0.05) is 6.92 Å². The predicted molar refractivity (Wildman–Crippen MR) is 110 cm³/mol. The van der Waals surface area contributed by atoms with Crippen molar-refractivity contribution in [2.75, 3.05) is 78.5 Å². The van der Waals surface area contributed by atoms with E-state index < -0.39 is 5.97 Å². The molecular weight excluding hydrogens is 374 g/mol. The Morgan fingerprint density at radius 3 is 2.17 bits per heavy atom. The molecule has 3 rings (SSSR count).